The van der Waals surface area contributed by atoms with Crippen LogP contribution in [0.3, 0.4) is 0 Å². The van der Waals surface area contributed by atoms with E-state index >= 15 is 0 Å². The number of Topliss-reactive ketones (excluding diaryl/α,β-unsaturated/α-hetero) is 1. The maximum atomic E-state index is 11.9. The molecule has 1 aliphatic heterocycles. The maximum absolute atomic E-state index is 11.9. The molecular weight excluding hydrogens is 350 g/mol. The lowest BCUT2D eigenvalue weighted by atomic mass is 9.94. The molecule has 1 aliphatic rings. The number of benzene rings is 2. The van der Waals surface area contributed by atoms with Gasteiger partial charge in [0.1, 0.15) is 12.4 Å². The number of ether oxygens (including phenoxy) is 1. The van der Waals surface area contributed by atoms with E-state index in [0.29, 0.717) is 12.2 Å². The van der Waals surface area contributed by atoms with Crippen LogP contribution in [0.5, 0.6) is 5.75 Å². The van der Waals surface area contributed by atoms with Gasteiger partial charge in [0.15, 0.2) is 5.78 Å². The molecule has 4 rings (SSSR count). The van der Waals surface area contributed by atoms with Gasteiger partial charge in [-0.2, -0.15) is 0 Å². The number of carbonyl (C=O) groups is 1. The highest BCUT2D eigenvalue weighted by Crippen LogP contribution is 2.33. The molecule has 0 saturated carbocycles. The Morgan fingerprint density at radius 2 is 1.93 bits per heavy atom. The fourth-order valence-corrected chi connectivity index (χ4v) is 3.50. The Balaban J connectivity index is 1.70. The molecule has 3 aromatic rings. The van der Waals surface area contributed by atoms with Crippen LogP contribution in [0.25, 0.3) is 11.1 Å². The fourth-order valence-electron chi connectivity index (χ4n) is 3.50. The van der Waals surface area contributed by atoms with E-state index < -0.39 is 0 Å². The minimum atomic E-state index is 0.0423. The van der Waals surface area contributed by atoms with Gasteiger partial charge in [-0.25, -0.2) is 0 Å². The summed E-state index contributed by atoms with van der Waals surface area (Å²) in [4.78, 5) is 20.3. The zero-order valence-corrected chi connectivity index (χ0v) is 15.9. The van der Waals surface area contributed by atoms with Crippen LogP contribution in [0.1, 0.15) is 34.1 Å². The molecule has 0 aliphatic carbocycles. The first-order chi connectivity index (χ1) is 13.7. The summed E-state index contributed by atoms with van der Waals surface area (Å²) < 4.78 is 6.05. The fraction of sp³-hybridized carbons (Fsp3) is 0.261. The van der Waals surface area contributed by atoms with Gasteiger partial charge >= 0.3 is 0 Å². The molecule has 5 nitrogen and oxygen atoms in total. The van der Waals surface area contributed by atoms with Gasteiger partial charge in [0, 0.05) is 23.5 Å². The molecule has 0 radical (unpaired) electrons. The molecule has 1 aromatic heterocycles. The van der Waals surface area contributed by atoms with E-state index in [1.54, 1.807) is 25.5 Å². The molecule has 0 bridgehead atoms. The Kier molecular flexibility index (Phi) is 5.44. The van der Waals surface area contributed by atoms with Gasteiger partial charge in [0.25, 0.3) is 0 Å². The van der Waals surface area contributed by atoms with Crippen molar-refractivity contribution in [2.75, 3.05) is 13.1 Å². The smallest absolute Gasteiger partial charge is 0.159 e. The number of rotatable bonds is 5. The number of nitrogens with one attached hydrogen (secondary N) is 1. The van der Waals surface area contributed by atoms with Crippen molar-refractivity contribution in [3.8, 4) is 16.9 Å². The van der Waals surface area contributed by atoms with Crippen LogP contribution in [-0.2, 0) is 19.4 Å². The van der Waals surface area contributed by atoms with E-state index in [4.69, 9.17) is 4.74 Å². The molecule has 2 heterocycles. The highest BCUT2D eigenvalue weighted by atomic mass is 16.5. The van der Waals surface area contributed by atoms with Gasteiger partial charge in [-0.1, -0.05) is 18.2 Å². The summed E-state index contributed by atoms with van der Waals surface area (Å²) in [7, 11) is 0. The first-order valence-electron chi connectivity index (χ1n) is 9.56. The lowest BCUT2D eigenvalue weighted by Gasteiger charge is -2.15. The number of aromatic nitrogens is 2. The second kappa shape index (κ2) is 8.31. The molecule has 0 unspecified atom stereocenters. The molecule has 0 atom stereocenters. The van der Waals surface area contributed by atoms with Crippen molar-refractivity contribution < 1.29 is 9.53 Å². The Bertz CT molecular complexity index is 986. The third-order valence-corrected chi connectivity index (χ3v) is 5.04. The van der Waals surface area contributed by atoms with Crippen molar-refractivity contribution in [2.45, 2.75) is 26.4 Å². The van der Waals surface area contributed by atoms with Crippen LogP contribution in [0.15, 0.2) is 55.0 Å². The monoisotopic (exact) mass is 373 g/mol. The van der Waals surface area contributed by atoms with Crippen LogP contribution < -0.4 is 10.1 Å². The van der Waals surface area contributed by atoms with E-state index in [0.717, 1.165) is 48.5 Å². The Morgan fingerprint density at radius 1 is 1.07 bits per heavy atom. The van der Waals surface area contributed by atoms with Crippen LogP contribution >= 0.6 is 0 Å². The van der Waals surface area contributed by atoms with Crippen LogP contribution in [0, 0.1) is 0 Å². The number of ketones is 1. The zero-order valence-electron chi connectivity index (χ0n) is 15.9. The van der Waals surface area contributed by atoms with Gasteiger partial charge in [-0.3, -0.25) is 14.8 Å². The summed E-state index contributed by atoms with van der Waals surface area (Å²) in [6, 6.07) is 12.2. The normalized spacial score (nSPS) is 13.5. The lowest BCUT2D eigenvalue weighted by molar-refractivity contribution is 0.101. The summed E-state index contributed by atoms with van der Waals surface area (Å²) in [6.07, 6.45) is 7.03. The summed E-state index contributed by atoms with van der Waals surface area (Å²) in [5.74, 6) is 0.781. The summed E-state index contributed by atoms with van der Waals surface area (Å²) in [5, 5.41) is 3.45. The van der Waals surface area contributed by atoms with Crippen molar-refractivity contribution in [3.63, 3.8) is 0 Å². The Hall–Kier alpha value is -3.05. The van der Waals surface area contributed by atoms with Gasteiger partial charge < -0.3 is 10.1 Å². The largest absolute Gasteiger partial charge is 0.487 e. The average molecular weight is 373 g/mol. The maximum Gasteiger partial charge on any atom is 0.159 e. The van der Waals surface area contributed by atoms with E-state index in [-0.39, 0.29) is 5.78 Å². The first kappa shape index (κ1) is 18.3. The van der Waals surface area contributed by atoms with E-state index in [1.807, 2.05) is 18.2 Å². The average Bonchev–Trinajstić information content (AvgIpc) is 2.97. The second-order valence-electron chi connectivity index (χ2n) is 6.99. The minimum Gasteiger partial charge on any atom is -0.487 e. The SMILES string of the molecule is CC(=O)c1ccc(OCc2cnccn2)c(-c2ccc3c(c2)CCNCC3)c1. The van der Waals surface area contributed by atoms with Crippen LogP contribution in [-0.4, -0.2) is 28.8 Å². The number of nitrogens with zero attached hydrogens (tertiary/aromatic N) is 2. The molecule has 0 amide bonds. The molecule has 2 aromatic carbocycles. The van der Waals surface area contributed by atoms with Crippen molar-refractivity contribution in [1.82, 2.24) is 15.3 Å². The highest BCUT2D eigenvalue weighted by molar-refractivity contribution is 5.96. The molecular formula is C23H23N3O2. The molecule has 0 spiro atoms. The van der Waals surface area contributed by atoms with Gasteiger partial charge in [-0.15, -0.1) is 0 Å². The molecule has 0 saturated heterocycles. The molecule has 142 valence electrons. The van der Waals surface area contributed by atoms with Crippen molar-refractivity contribution in [2.24, 2.45) is 0 Å². The van der Waals surface area contributed by atoms with E-state index in [9.17, 15) is 4.79 Å². The summed E-state index contributed by atoms with van der Waals surface area (Å²) in [6.45, 7) is 3.91. The van der Waals surface area contributed by atoms with E-state index in [2.05, 4.69) is 33.5 Å². The second-order valence-corrected chi connectivity index (χ2v) is 6.99. The molecule has 1 N–H and O–H groups in total. The Labute approximate surface area is 164 Å². The standard InChI is InChI=1S/C23H23N3O2/c1-16(27)18-4-5-23(28-15-21-14-25-10-11-26-21)22(13-18)20-3-2-17-6-8-24-9-7-19(17)12-20/h2-5,10-14,24H,6-9,15H2,1H3. The van der Waals surface area contributed by atoms with Gasteiger partial charge in [0.05, 0.1) is 11.9 Å². The molecule has 28 heavy (non-hydrogen) atoms. The molecule has 5 heteroatoms. The third-order valence-electron chi connectivity index (χ3n) is 5.04. The van der Waals surface area contributed by atoms with Gasteiger partial charge in [-0.05, 0) is 67.7 Å². The first-order valence-corrected chi connectivity index (χ1v) is 9.56. The van der Waals surface area contributed by atoms with Crippen molar-refractivity contribution in [1.29, 1.82) is 0 Å². The third kappa shape index (κ3) is 4.10. The quantitative estimate of drug-likeness (QED) is 0.692. The van der Waals surface area contributed by atoms with Crippen LogP contribution in [0.2, 0.25) is 0 Å². The topological polar surface area (TPSA) is 64.1 Å². The molecule has 0 fully saturated rings. The number of hydrogen-bond acceptors (Lipinski definition) is 5. The highest BCUT2D eigenvalue weighted by Gasteiger charge is 2.14. The lowest BCUT2D eigenvalue weighted by Crippen LogP contribution is -2.16. The number of hydrogen-bond donors (Lipinski definition) is 1. The van der Waals surface area contributed by atoms with Crippen molar-refractivity contribution in [3.05, 3.63) is 77.4 Å². The predicted octanol–water partition coefficient (Wildman–Crippen LogP) is 3.61. The summed E-state index contributed by atoms with van der Waals surface area (Å²) >= 11 is 0. The van der Waals surface area contributed by atoms with Crippen molar-refractivity contribution >= 4 is 5.78 Å². The van der Waals surface area contributed by atoms with E-state index in [1.165, 1.54) is 11.1 Å². The van der Waals surface area contributed by atoms with Gasteiger partial charge in [0.2, 0.25) is 0 Å². The van der Waals surface area contributed by atoms with Crippen LogP contribution in [0.4, 0.5) is 0 Å². The predicted molar refractivity (Wildman–Crippen MR) is 109 cm³/mol. The summed E-state index contributed by atoms with van der Waals surface area (Å²) in [5.41, 5.74) is 6.18. The number of carbonyl (C=O) groups excluding carboxylic acids is 1. The zero-order chi connectivity index (χ0) is 19.3. The number of fused-ring (bicyclic) bond motifs is 1. The minimum absolute atomic E-state index is 0.0423. The Morgan fingerprint density at radius 3 is 2.71 bits per heavy atom.